The molecule has 0 aromatic carbocycles. The maximum Gasteiger partial charge on any atom is 0.0730 e. The molecule has 0 radical (unpaired) electrons. The van der Waals surface area contributed by atoms with Crippen LogP contribution in [0.4, 0.5) is 0 Å². The van der Waals surface area contributed by atoms with Gasteiger partial charge in [0.05, 0.1) is 6.10 Å². The molecular formula is C11H23NO. The average Bonchev–Trinajstić information content (AvgIpc) is 2.26. The second-order valence-electron chi connectivity index (χ2n) is 5.14. The molecule has 2 atom stereocenters. The maximum absolute atomic E-state index is 9.82. The second-order valence-corrected chi connectivity index (χ2v) is 5.14. The molecule has 2 unspecified atom stereocenters. The molecule has 0 saturated carbocycles. The van der Waals surface area contributed by atoms with Gasteiger partial charge in [0, 0.05) is 18.1 Å². The number of aliphatic hydroxyl groups excluding tert-OH is 1. The summed E-state index contributed by atoms with van der Waals surface area (Å²) in [5, 5.41) is 9.82. The minimum absolute atomic E-state index is 0.0380. The van der Waals surface area contributed by atoms with Gasteiger partial charge in [0.25, 0.3) is 0 Å². The zero-order valence-electron chi connectivity index (χ0n) is 9.54. The molecular weight excluding hydrogens is 162 g/mol. The molecule has 1 aliphatic heterocycles. The van der Waals surface area contributed by atoms with Crippen molar-refractivity contribution in [3.63, 3.8) is 0 Å². The van der Waals surface area contributed by atoms with Crippen LogP contribution in [0, 0.1) is 5.92 Å². The molecule has 1 N–H and O–H groups in total. The molecule has 0 amide bonds. The first-order chi connectivity index (χ1) is 5.87. The number of rotatable bonds is 2. The minimum atomic E-state index is -0.159. The van der Waals surface area contributed by atoms with E-state index in [0.717, 1.165) is 13.0 Å². The molecule has 1 saturated heterocycles. The van der Waals surface area contributed by atoms with Crippen LogP contribution in [0.3, 0.4) is 0 Å². The number of likely N-dealkylation sites (tertiary alicyclic amines) is 1. The molecule has 0 bridgehead atoms. The Bertz CT molecular complexity index is 177. The predicted octanol–water partition coefficient (Wildman–Crippen LogP) is 1.88. The van der Waals surface area contributed by atoms with Gasteiger partial charge >= 0.3 is 0 Å². The molecule has 1 fully saturated rings. The molecule has 0 aromatic rings. The Kier molecular flexibility index (Phi) is 3.03. The SMILES string of the molecule is CC(C)C(C)N1CCC(O)C1(C)C. The molecule has 1 aliphatic rings. The summed E-state index contributed by atoms with van der Waals surface area (Å²) in [4.78, 5) is 2.43. The van der Waals surface area contributed by atoms with Gasteiger partial charge in [-0.25, -0.2) is 0 Å². The van der Waals surface area contributed by atoms with Crippen molar-refractivity contribution in [2.24, 2.45) is 5.92 Å². The summed E-state index contributed by atoms with van der Waals surface area (Å²) in [5.74, 6) is 0.657. The molecule has 1 heterocycles. The number of aliphatic hydroxyl groups is 1. The van der Waals surface area contributed by atoms with Crippen molar-refractivity contribution in [2.75, 3.05) is 6.54 Å². The van der Waals surface area contributed by atoms with Crippen molar-refractivity contribution in [2.45, 2.75) is 58.7 Å². The number of hydrogen-bond donors (Lipinski definition) is 1. The van der Waals surface area contributed by atoms with Crippen LogP contribution in [0.5, 0.6) is 0 Å². The lowest BCUT2D eigenvalue weighted by Gasteiger charge is -2.40. The van der Waals surface area contributed by atoms with Crippen LogP contribution < -0.4 is 0 Å². The van der Waals surface area contributed by atoms with Crippen molar-refractivity contribution in [3.05, 3.63) is 0 Å². The van der Waals surface area contributed by atoms with Crippen LogP contribution >= 0.6 is 0 Å². The molecule has 13 heavy (non-hydrogen) atoms. The smallest absolute Gasteiger partial charge is 0.0730 e. The standard InChI is InChI=1S/C11H23NO/c1-8(2)9(3)12-7-6-10(13)11(12,4)5/h8-10,13H,6-7H2,1-5H3. The zero-order chi connectivity index (χ0) is 10.2. The third-order valence-electron chi connectivity index (χ3n) is 3.66. The lowest BCUT2D eigenvalue weighted by Crippen LogP contribution is -2.50. The third-order valence-corrected chi connectivity index (χ3v) is 3.66. The molecule has 0 spiro atoms. The lowest BCUT2D eigenvalue weighted by atomic mass is 9.95. The van der Waals surface area contributed by atoms with Crippen LogP contribution in [0.25, 0.3) is 0 Å². The monoisotopic (exact) mass is 185 g/mol. The van der Waals surface area contributed by atoms with Gasteiger partial charge in [-0.05, 0) is 33.1 Å². The van der Waals surface area contributed by atoms with E-state index in [2.05, 4.69) is 39.5 Å². The summed E-state index contributed by atoms with van der Waals surface area (Å²) in [5.41, 5.74) is -0.0380. The summed E-state index contributed by atoms with van der Waals surface area (Å²) in [6, 6.07) is 0.562. The van der Waals surface area contributed by atoms with E-state index in [9.17, 15) is 5.11 Å². The minimum Gasteiger partial charge on any atom is -0.391 e. The van der Waals surface area contributed by atoms with E-state index in [0.29, 0.717) is 12.0 Å². The van der Waals surface area contributed by atoms with E-state index in [1.165, 1.54) is 0 Å². The van der Waals surface area contributed by atoms with Gasteiger partial charge in [-0.15, -0.1) is 0 Å². The maximum atomic E-state index is 9.82. The van der Waals surface area contributed by atoms with Gasteiger partial charge in [0.15, 0.2) is 0 Å². The van der Waals surface area contributed by atoms with Crippen LogP contribution in [0.1, 0.15) is 41.0 Å². The molecule has 0 aliphatic carbocycles. The summed E-state index contributed by atoms with van der Waals surface area (Å²) < 4.78 is 0. The Morgan fingerprint density at radius 3 is 2.15 bits per heavy atom. The van der Waals surface area contributed by atoms with Crippen LogP contribution in [-0.2, 0) is 0 Å². The predicted molar refractivity (Wildman–Crippen MR) is 55.7 cm³/mol. The fraction of sp³-hybridized carbons (Fsp3) is 1.00. The van der Waals surface area contributed by atoms with Gasteiger partial charge in [0.2, 0.25) is 0 Å². The molecule has 2 nitrogen and oxygen atoms in total. The van der Waals surface area contributed by atoms with E-state index >= 15 is 0 Å². The topological polar surface area (TPSA) is 23.5 Å². The Hall–Kier alpha value is -0.0800. The largest absolute Gasteiger partial charge is 0.391 e. The fourth-order valence-corrected chi connectivity index (χ4v) is 2.18. The van der Waals surface area contributed by atoms with Gasteiger partial charge in [0.1, 0.15) is 0 Å². The first-order valence-electron chi connectivity index (χ1n) is 5.32. The molecule has 78 valence electrons. The van der Waals surface area contributed by atoms with E-state index in [1.807, 2.05) is 0 Å². The molecule has 1 rings (SSSR count). The van der Waals surface area contributed by atoms with Gasteiger partial charge in [-0.3, -0.25) is 4.90 Å². The van der Waals surface area contributed by atoms with Crippen LogP contribution in [-0.4, -0.2) is 34.2 Å². The van der Waals surface area contributed by atoms with Gasteiger partial charge < -0.3 is 5.11 Å². The van der Waals surface area contributed by atoms with Gasteiger partial charge in [-0.1, -0.05) is 13.8 Å². The van der Waals surface area contributed by atoms with E-state index in [1.54, 1.807) is 0 Å². The van der Waals surface area contributed by atoms with Gasteiger partial charge in [-0.2, -0.15) is 0 Å². The second kappa shape index (κ2) is 3.58. The Morgan fingerprint density at radius 1 is 1.31 bits per heavy atom. The summed E-state index contributed by atoms with van der Waals surface area (Å²) in [6.07, 6.45) is 0.762. The molecule has 2 heteroatoms. The zero-order valence-corrected chi connectivity index (χ0v) is 9.54. The Labute approximate surface area is 81.9 Å². The van der Waals surface area contributed by atoms with E-state index < -0.39 is 0 Å². The quantitative estimate of drug-likeness (QED) is 0.710. The highest BCUT2D eigenvalue weighted by atomic mass is 16.3. The highest BCUT2D eigenvalue weighted by molar-refractivity contribution is 4.97. The normalized spacial score (nSPS) is 31.2. The summed E-state index contributed by atoms with van der Waals surface area (Å²) in [6.45, 7) is 12.1. The van der Waals surface area contributed by atoms with Crippen molar-refractivity contribution in [1.29, 1.82) is 0 Å². The fourth-order valence-electron chi connectivity index (χ4n) is 2.18. The first kappa shape index (κ1) is 11.0. The summed E-state index contributed by atoms with van der Waals surface area (Å²) >= 11 is 0. The Balaban J connectivity index is 2.71. The van der Waals surface area contributed by atoms with Crippen molar-refractivity contribution in [3.8, 4) is 0 Å². The number of nitrogens with zero attached hydrogens (tertiary/aromatic N) is 1. The van der Waals surface area contributed by atoms with E-state index in [-0.39, 0.29) is 11.6 Å². The average molecular weight is 185 g/mol. The van der Waals surface area contributed by atoms with Crippen LogP contribution in [0.2, 0.25) is 0 Å². The third kappa shape index (κ3) is 1.89. The highest BCUT2D eigenvalue weighted by Crippen LogP contribution is 2.32. The van der Waals surface area contributed by atoms with Crippen LogP contribution in [0.15, 0.2) is 0 Å². The van der Waals surface area contributed by atoms with Crippen molar-refractivity contribution in [1.82, 2.24) is 4.90 Å². The summed E-state index contributed by atoms with van der Waals surface area (Å²) in [7, 11) is 0. The molecule has 0 aromatic heterocycles. The van der Waals surface area contributed by atoms with E-state index in [4.69, 9.17) is 0 Å². The lowest BCUT2D eigenvalue weighted by molar-refractivity contribution is 0.0230. The van der Waals surface area contributed by atoms with Crippen molar-refractivity contribution >= 4 is 0 Å². The van der Waals surface area contributed by atoms with Crippen molar-refractivity contribution < 1.29 is 5.11 Å². The highest BCUT2D eigenvalue weighted by Gasteiger charge is 2.42. The number of hydrogen-bond acceptors (Lipinski definition) is 2. The Morgan fingerprint density at radius 2 is 1.85 bits per heavy atom. The first-order valence-corrected chi connectivity index (χ1v) is 5.32.